The zero-order valence-electron chi connectivity index (χ0n) is 32.2. The lowest BCUT2D eigenvalue weighted by Crippen LogP contribution is -2.31. The van der Waals surface area contributed by atoms with Crippen LogP contribution in [-0.4, -0.2) is 0 Å². The highest BCUT2D eigenvalue weighted by atomic mass is 32.2. The van der Waals surface area contributed by atoms with E-state index in [2.05, 4.69) is 212 Å². The van der Waals surface area contributed by atoms with E-state index in [1.54, 1.807) is 0 Å². The van der Waals surface area contributed by atoms with Gasteiger partial charge in [0.15, 0.2) is 0 Å². The largest absolute Gasteiger partial charge is 0.398 e. The van der Waals surface area contributed by atoms with Gasteiger partial charge < -0.3 is 5.73 Å². The average molecular weight is 768 g/mol. The topological polar surface area (TPSA) is 26.0 Å². The molecular formula is C57H37NS. The molecule has 0 amide bonds. The molecule has 1 aliphatic heterocycles. The second kappa shape index (κ2) is 13.2. The van der Waals surface area contributed by atoms with Crippen molar-refractivity contribution in [2.75, 3.05) is 5.73 Å². The van der Waals surface area contributed by atoms with Crippen molar-refractivity contribution >= 4 is 39.0 Å². The lowest BCUT2D eigenvalue weighted by atomic mass is 9.67. The number of rotatable bonds is 4. The Balaban J connectivity index is 1.14. The zero-order valence-corrected chi connectivity index (χ0v) is 33.0. The minimum Gasteiger partial charge on any atom is -0.398 e. The first-order valence-corrected chi connectivity index (χ1v) is 21.1. The SMILES string of the molecule is Nc1cccc2c1-c1cc(-c3c4ccccc4c(-c4cc(-c5ccccc5)cc(-c5ccccc5)c4)c4ccccc34)ccc1C21c2ccccc2Sc2ccccc21. The molecule has 12 rings (SSSR count). The van der Waals surface area contributed by atoms with E-state index in [-0.39, 0.29) is 0 Å². The van der Waals surface area contributed by atoms with E-state index in [0.717, 1.165) is 11.3 Å². The molecule has 1 spiro atoms. The van der Waals surface area contributed by atoms with Crippen molar-refractivity contribution in [1.82, 2.24) is 0 Å². The Kier molecular flexibility index (Phi) is 7.60. The van der Waals surface area contributed by atoms with Crippen LogP contribution in [0.2, 0.25) is 0 Å². The molecule has 0 bridgehead atoms. The number of benzene rings is 10. The zero-order chi connectivity index (χ0) is 39.1. The third kappa shape index (κ3) is 5.00. The number of hydrogen-bond donors (Lipinski definition) is 1. The first-order valence-electron chi connectivity index (χ1n) is 20.3. The molecule has 0 saturated heterocycles. The number of hydrogen-bond acceptors (Lipinski definition) is 2. The van der Waals surface area contributed by atoms with Crippen LogP contribution in [0.25, 0.3) is 77.2 Å². The van der Waals surface area contributed by atoms with Gasteiger partial charge >= 0.3 is 0 Å². The summed E-state index contributed by atoms with van der Waals surface area (Å²) < 4.78 is 0. The molecule has 1 heterocycles. The van der Waals surface area contributed by atoms with Crippen LogP contribution in [0.15, 0.2) is 222 Å². The predicted molar refractivity (Wildman–Crippen MR) is 249 cm³/mol. The van der Waals surface area contributed by atoms with Crippen LogP contribution in [0.5, 0.6) is 0 Å². The minimum atomic E-state index is -0.481. The van der Waals surface area contributed by atoms with E-state index in [4.69, 9.17) is 5.73 Å². The molecular weight excluding hydrogens is 731 g/mol. The Morgan fingerprint density at radius 3 is 1.32 bits per heavy atom. The summed E-state index contributed by atoms with van der Waals surface area (Å²) in [6.45, 7) is 0. The maximum absolute atomic E-state index is 7.07. The molecule has 0 fully saturated rings. The van der Waals surface area contributed by atoms with Gasteiger partial charge in [-0.3, -0.25) is 0 Å². The Bertz CT molecular complexity index is 3150. The van der Waals surface area contributed by atoms with Gasteiger partial charge in [0, 0.05) is 21.0 Å². The Morgan fingerprint density at radius 1 is 0.305 bits per heavy atom. The standard InChI is InChI=1S/C57H37NS/c58-51-27-15-26-50-56(51)46-35-38(30-31-47(46)57(50)48-24-11-13-28-52(48)59-53-29-14-12-25-49(53)57)54-42-20-7-9-22-44(42)55(45-23-10-8-21-43(45)54)41-33-39(36-16-3-1-4-17-36)32-40(34-41)37-18-5-2-6-19-37/h1-35H,58H2. The van der Waals surface area contributed by atoms with Gasteiger partial charge in [0.2, 0.25) is 0 Å². The molecule has 2 aliphatic rings. The fourth-order valence-electron chi connectivity index (χ4n) is 10.3. The van der Waals surface area contributed by atoms with Crippen molar-refractivity contribution in [2.24, 2.45) is 0 Å². The molecule has 2 heteroatoms. The van der Waals surface area contributed by atoms with Gasteiger partial charge in [-0.1, -0.05) is 182 Å². The molecule has 0 unspecified atom stereocenters. The lowest BCUT2D eigenvalue weighted by Gasteiger charge is -2.39. The third-order valence-corrected chi connectivity index (χ3v) is 13.8. The maximum atomic E-state index is 7.07. The summed E-state index contributed by atoms with van der Waals surface area (Å²) in [5.41, 5.74) is 24.6. The smallest absolute Gasteiger partial charge is 0.0736 e. The summed E-state index contributed by atoms with van der Waals surface area (Å²) >= 11 is 1.87. The normalized spacial score (nSPS) is 13.2. The lowest BCUT2D eigenvalue weighted by molar-refractivity contribution is 0.722. The number of fused-ring (bicyclic) bond motifs is 11. The van der Waals surface area contributed by atoms with Crippen molar-refractivity contribution in [2.45, 2.75) is 15.2 Å². The van der Waals surface area contributed by atoms with Gasteiger partial charge in [-0.25, -0.2) is 0 Å². The van der Waals surface area contributed by atoms with Crippen molar-refractivity contribution in [3.63, 3.8) is 0 Å². The molecule has 2 N–H and O–H groups in total. The fraction of sp³-hybridized carbons (Fsp3) is 0.0175. The minimum absolute atomic E-state index is 0.481. The molecule has 276 valence electrons. The van der Waals surface area contributed by atoms with E-state index in [9.17, 15) is 0 Å². The van der Waals surface area contributed by atoms with Crippen LogP contribution in [0.4, 0.5) is 5.69 Å². The van der Waals surface area contributed by atoms with Crippen LogP contribution >= 0.6 is 11.8 Å². The van der Waals surface area contributed by atoms with Gasteiger partial charge in [-0.15, -0.1) is 0 Å². The van der Waals surface area contributed by atoms with Gasteiger partial charge in [0.1, 0.15) is 0 Å². The van der Waals surface area contributed by atoms with Crippen LogP contribution < -0.4 is 5.73 Å². The van der Waals surface area contributed by atoms with Crippen LogP contribution in [0.1, 0.15) is 22.3 Å². The fourth-order valence-corrected chi connectivity index (χ4v) is 11.4. The molecule has 0 aromatic heterocycles. The number of nitrogen functional groups attached to an aromatic ring is 1. The predicted octanol–water partition coefficient (Wildman–Crippen LogP) is 15.1. The van der Waals surface area contributed by atoms with Crippen LogP contribution in [0, 0.1) is 0 Å². The summed E-state index contributed by atoms with van der Waals surface area (Å²) in [6, 6.07) is 78.1. The summed E-state index contributed by atoms with van der Waals surface area (Å²) in [7, 11) is 0. The first-order chi connectivity index (χ1) is 29.2. The van der Waals surface area contributed by atoms with Crippen LogP contribution in [0.3, 0.4) is 0 Å². The highest BCUT2D eigenvalue weighted by Gasteiger charge is 2.50. The summed E-state index contributed by atoms with van der Waals surface area (Å²) in [5, 5.41) is 4.92. The highest BCUT2D eigenvalue weighted by molar-refractivity contribution is 7.99. The van der Waals surface area contributed by atoms with Crippen molar-refractivity contribution in [1.29, 1.82) is 0 Å². The van der Waals surface area contributed by atoms with Crippen molar-refractivity contribution in [3.8, 4) is 55.6 Å². The highest BCUT2D eigenvalue weighted by Crippen LogP contribution is 2.63. The van der Waals surface area contributed by atoms with Gasteiger partial charge in [-0.2, -0.15) is 0 Å². The molecule has 10 aromatic carbocycles. The van der Waals surface area contributed by atoms with Crippen LogP contribution in [-0.2, 0) is 5.41 Å². The maximum Gasteiger partial charge on any atom is 0.0736 e. The van der Waals surface area contributed by atoms with Crippen molar-refractivity contribution in [3.05, 3.63) is 235 Å². The molecule has 1 nitrogen and oxygen atoms in total. The van der Waals surface area contributed by atoms with E-state index < -0.39 is 5.41 Å². The monoisotopic (exact) mass is 767 g/mol. The summed E-state index contributed by atoms with van der Waals surface area (Å²) in [4.78, 5) is 2.58. The van der Waals surface area contributed by atoms with Gasteiger partial charge in [0.25, 0.3) is 0 Å². The van der Waals surface area contributed by atoms with E-state index >= 15 is 0 Å². The first kappa shape index (κ1) is 34.0. The Hall–Kier alpha value is -7.13. The molecule has 59 heavy (non-hydrogen) atoms. The van der Waals surface area contributed by atoms with Gasteiger partial charge in [-0.05, 0) is 136 Å². The molecule has 0 saturated carbocycles. The van der Waals surface area contributed by atoms with Gasteiger partial charge in [0.05, 0.1) is 5.41 Å². The van der Waals surface area contributed by atoms with E-state index in [1.165, 1.54) is 104 Å². The second-order valence-corrected chi connectivity index (χ2v) is 16.8. The molecule has 1 aliphatic carbocycles. The number of nitrogens with two attached hydrogens (primary N) is 1. The quantitative estimate of drug-likeness (QED) is 0.143. The molecule has 0 radical (unpaired) electrons. The van der Waals surface area contributed by atoms with E-state index in [1.807, 2.05) is 11.8 Å². The van der Waals surface area contributed by atoms with E-state index in [0.29, 0.717) is 0 Å². The molecule has 0 atom stereocenters. The average Bonchev–Trinajstić information content (AvgIpc) is 3.59. The molecule has 10 aromatic rings. The third-order valence-electron chi connectivity index (χ3n) is 12.7. The Morgan fingerprint density at radius 2 is 0.763 bits per heavy atom. The second-order valence-electron chi connectivity index (χ2n) is 15.7. The summed E-state index contributed by atoms with van der Waals surface area (Å²) in [6.07, 6.45) is 0. The Labute approximate surface area is 348 Å². The van der Waals surface area contributed by atoms with Crippen molar-refractivity contribution < 1.29 is 0 Å². The summed E-state index contributed by atoms with van der Waals surface area (Å²) in [5.74, 6) is 0. The number of anilines is 1.